The zero-order valence-corrected chi connectivity index (χ0v) is 24.0. The van der Waals surface area contributed by atoms with E-state index in [1.165, 1.54) is 77.0 Å². The summed E-state index contributed by atoms with van der Waals surface area (Å²) in [7, 11) is -3.92. The Morgan fingerprint density at radius 3 is 1.68 bits per heavy atom. The average molecular weight is 547 g/mol. The van der Waals surface area contributed by atoms with E-state index in [0.717, 1.165) is 12.8 Å². The normalized spacial score (nSPS) is 17.5. The molecule has 1 aliphatic heterocycles. The largest absolute Gasteiger partial charge is 0.587 e. The zero-order chi connectivity index (χ0) is 26.7. The van der Waals surface area contributed by atoms with Crippen molar-refractivity contribution in [1.29, 1.82) is 0 Å². The number of benzene rings is 2. The molecule has 0 unspecified atom stereocenters. The van der Waals surface area contributed by atoms with Crippen LogP contribution in [0, 0.1) is 0 Å². The Balaban J connectivity index is 1.27. The maximum Gasteiger partial charge on any atom is 0.587 e. The van der Waals surface area contributed by atoms with Crippen molar-refractivity contribution in [3.63, 3.8) is 0 Å². The van der Waals surface area contributed by atoms with Gasteiger partial charge in [-0.25, -0.2) is 4.57 Å². The van der Waals surface area contributed by atoms with Crippen LogP contribution in [0.5, 0.6) is 11.5 Å². The second kappa shape index (κ2) is 18.4. The summed E-state index contributed by atoms with van der Waals surface area (Å²) in [5, 5.41) is 0. The molecule has 2 aromatic rings. The van der Waals surface area contributed by atoms with E-state index in [0.29, 0.717) is 18.1 Å². The number of phosphoric ester groups is 1. The first-order valence-electron chi connectivity index (χ1n) is 14.7. The summed E-state index contributed by atoms with van der Waals surface area (Å²) >= 11 is 0. The van der Waals surface area contributed by atoms with Crippen LogP contribution in [-0.2, 0) is 18.6 Å². The first kappa shape index (κ1) is 30.7. The van der Waals surface area contributed by atoms with Gasteiger partial charge in [0.2, 0.25) is 0 Å². The van der Waals surface area contributed by atoms with Gasteiger partial charge in [-0.05, 0) is 37.1 Å². The van der Waals surface area contributed by atoms with E-state index in [-0.39, 0.29) is 19.0 Å². The topological polar surface area (TPSA) is 63.2 Å². The minimum Gasteiger partial charge on any atom is -0.395 e. The van der Waals surface area contributed by atoms with Crippen molar-refractivity contribution in [2.24, 2.45) is 0 Å². The van der Waals surface area contributed by atoms with E-state index in [4.69, 9.17) is 23.0 Å². The zero-order valence-electron chi connectivity index (χ0n) is 23.1. The first-order valence-corrected chi connectivity index (χ1v) is 16.1. The molecule has 1 saturated heterocycles. The highest BCUT2D eigenvalue weighted by Crippen LogP contribution is 2.49. The molecule has 0 radical (unpaired) electrons. The van der Waals surface area contributed by atoms with Crippen LogP contribution in [0.2, 0.25) is 0 Å². The standard InChI is InChI=1S/C31H47O6P/c1-2-3-4-5-6-7-8-9-10-11-12-13-20-25-31-33-26-30(35-31)27-34-38(32,36-28-21-16-14-17-22-28)37-29-23-18-15-19-24-29/h14-19,21-24,30-31H,2-13,20,25-27H2,1H3/t30-,31-/m1/s1. The summed E-state index contributed by atoms with van der Waals surface area (Å²) < 4.78 is 42.2. The smallest absolute Gasteiger partial charge is 0.395 e. The van der Waals surface area contributed by atoms with Crippen LogP contribution in [0.1, 0.15) is 96.8 Å². The Morgan fingerprint density at radius 1 is 0.711 bits per heavy atom. The number of rotatable bonds is 21. The van der Waals surface area contributed by atoms with Gasteiger partial charge in [-0.1, -0.05) is 120 Å². The molecule has 1 fully saturated rings. The Labute approximate surface area is 230 Å². The molecule has 3 rings (SSSR count). The fourth-order valence-corrected chi connectivity index (χ4v) is 5.79. The molecule has 38 heavy (non-hydrogen) atoms. The molecule has 7 heteroatoms. The number of unbranched alkanes of at least 4 members (excludes halogenated alkanes) is 12. The quantitative estimate of drug-likeness (QED) is 0.115. The number of hydrogen-bond acceptors (Lipinski definition) is 6. The van der Waals surface area contributed by atoms with Gasteiger partial charge in [0.05, 0.1) is 13.2 Å². The molecule has 0 bridgehead atoms. The maximum absolute atomic E-state index is 13.4. The van der Waals surface area contributed by atoms with Crippen molar-refractivity contribution in [1.82, 2.24) is 0 Å². The van der Waals surface area contributed by atoms with Crippen LogP contribution in [0.15, 0.2) is 60.7 Å². The molecule has 6 nitrogen and oxygen atoms in total. The minimum absolute atomic E-state index is 0.0616. The van der Waals surface area contributed by atoms with E-state index in [1.807, 2.05) is 12.1 Å². The lowest BCUT2D eigenvalue weighted by atomic mass is 10.0. The second-order valence-corrected chi connectivity index (χ2v) is 11.6. The fraction of sp³-hybridized carbons (Fsp3) is 0.613. The van der Waals surface area contributed by atoms with Gasteiger partial charge in [0.1, 0.15) is 17.6 Å². The van der Waals surface area contributed by atoms with E-state index in [2.05, 4.69) is 6.92 Å². The van der Waals surface area contributed by atoms with Crippen molar-refractivity contribution < 1.29 is 27.6 Å². The van der Waals surface area contributed by atoms with Crippen molar-refractivity contribution in [3.05, 3.63) is 60.7 Å². The van der Waals surface area contributed by atoms with Crippen LogP contribution in [0.3, 0.4) is 0 Å². The summed E-state index contributed by atoms with van der Waals surface area (Å²) in [6, 6.07) is 17.8. The molecule has 0 saturated carbocycles. The van der Waals surface area contributed by atoms with Gasteiger partial charge >= 0.3 is 7.82 Å². The molecular weight excluding hydrogens is 499 g/mol. The van der Waals surface area contributed by atoms with Crippen molar-refractivity contribution in [2.45, 2.75) is 109 Å². The number of para-hydroxylation sites is 2. The molecule has 2 aromatic carbocycles. The third kappa shape index (κ3) is 12.8. The fourth-order valence-electron chi connectivity index (χ4n) is 4.54. The van der Waals surface area contributed by atoms with Gasteiger partial charge in [-0.3, -0.25) is 4.52 Å². The number of hydrogen-bond donors (Lipinski definition) is 0. The van der Waals surface area contributed by atoms with Crippen LogP contribution >= 0.6 is 7.82 Å². The van der Waals surface area contributed by atoms with Crippen LogP contribution in [-0.4, -0.2) is 25.6 Å². The summed E-state index contributed by atoms with van der Waals surface area (Å²) in [6.07, 6.45) is 17.6. The third-order valence-electron chi connectivity index (χ3n) is 6.69. The van der Waals surface area contributed by atoms with Crippen LogP contribution in [0.25, 0.3) is 0 Å². The molecule has 2 atom stereocenters. The van der Waals surface area contributed by atoms with Crippen LogP contribution < -0.4 is 9.05 Å². The monoisotopic (exact) mass is 546 g/mol. The highest BCUT2D eigenvalue weighted by molar-refractivity contribution is 7.49. The second-order valence-electron chi connectivity index (χ2n) is 10.1. The molecule has 0 aliphatic carbocycles. The van der Waals surface area contributed by atoms with Gasteiger partial charge in [0, 0.05) is 0 Å². The molecule has 1 heterocycles. The molecule has 0 N–H and O–H groups in total. The SMILES string of the molecule is CCCCCCCCCCCCCCC[C@@H]1OC[C@H](COP(=O)(Oc2ccccc2)Oc2ccccc2)O1. The number of ether oxygens (including phenoxy) is 2. The lowest BCUT2D eigenvalue weighted by Crippen LogP contribution is -2.20. The third-order valence-corrected chi connectivity index (χ3v) is 8.03. The van der Waals surface area contributed by atoms with Crippen molar-refractivity contribution in [3.8, 4) is 11.5 Å². The summed E-state index contributed by atoms with van der Waals surface area (Å²) in [6.45, 7) is 2.74. The summed E-state index contributed by atoms with van der Waals surface area (Å²) in [5.74, 6) is 0.825. The van der Waals surface area contributed by atoms with E-state index in [9.17, 15) is 4.57 Å². The Morgan fingerprint density at radius 2 is 1.18 bits per heavy atom. The maximum atomic E-state index is 13.4. The van der Waals surface area contributed by atoms with Gasteiger partial charge in [-0.15, -0.1) is 0 Å². The van der Waals surface area contributed by atoms with Crippen LogP contribution in [0.4, 0.5) is 0 Å². The van der Waals surface area contributed by atoms with E-state index < -0.39 is 7.82 Å². The lowest BCUT2D eigenvalue weighted by Gasteiger charge is -2.20. The number of phosphoric acid groups is 1. The van der Waals surface area contributed by atoms with Gasteiger partial charge in [0.25, 0.3) is 0 Å². The van der Waals surface area contributed by atoms with Crippen molar-refractivity contribution >= 4 is 7.82 Å². The van der Waals surface area contributed by atoms with E-state index in [1.54, 1.807) is 48.5 Å². The van der Waals surface area contributed by atoms with E-state index >= 15 is 0 Å². The van der Waals surface area contributed by atoms with Gasteiger partial charge in [0.15, 0.2) is 6.29 Å². The molecule has 0 spiro atoms. The lowest BCUT2D eigenvalue weighted by molar-refractivity contribution is -0.0696. The predicted octanol–water partition coefficient (Wildman–Crippen LogP) is 9.49. The Hall–Kier alpha value is -1.85. The molecule has 1 aliphatic rings. The summed E-state index contributed by atoms with van der Waals surface area (Å²) in [5.41, 5.74) is 0. The molecule has 212 valence electrons. The Kier molecular flexibility index (Phi) is 14.9. The van der Waals surface area contributed by atoms with Gasteiger partial charge < -0.3 is 18.5 Å². The molecular formula is C31H47O6P. The molecule has 0 amide bonds. The molecule has 0 aromatic heterocycles. The first-order chi connectivity index (χ1) is 18.7. The average Bonchev–Trinajstić information content (AvgIpc) is 3.39. The summed E-state index contributed by atoms with van der Waals surface area (Å²) in [4.78, 5) is 0. The van der Waals surface area contributed by atoms with Crippen molar-refractivity contribution in [2.75, 3.05) is 13.2 Å². The predicted molar refractivity (Wildman–Crippen MR) is 153 cm³/mol. The van der Waals surface area contributed by atoms with Gasteiger partial charge in [-0.2, -0.15) is 0 Å². The highest BCUT2D eigenvalue weighted by Gasteiger charge is 2.34. The Bertz CT molecular complexity index is 848. The highest BCUT2D eigenvalue weighted by atomic mass is 31.2. The minimum atomic E-state index is -3.92.